The van der Waals surface area contributed by atoms with Crippen molar-refractivity contribution in [1.29, 1.82) is 0 Å². The van der Waals surface area contributed by atoms with E-state index in [2.05, 4.69) is 5.32 Å². The highest BCUT2D eigenvalue weighted by Gasteiger charge is 2.49. The van der Waals surface area contributed by atoms with Gasteiger partial charge in [0.2, 0.25) is 0 Å². The molecule has 1 N–H and O–H groups in total. The number of hydrogen-bond donors (Lipinski definition) is 1. The number of sulfone groups is 1. The topological polar surface area (TPSA) is 99.9 Å². The van der Waals surface area contributed by atoms with Gasteiger partial charge in [-0.2, -0.15) is 0 Å². The molecular formula is C15H21N3O5S. The number of hydrogen-bond acceptors (Lipinski definition) is 5. The quantitative estimate of drug-likeness (QED) is 0.824. The van der Waals surface area contributed by atoms with Gasteiger partial charge >= 0.3 is 6.03 Å². The molecule has 0 aliphatic carbocycles. The van der Waals surface area contributed by atoms with Gasteiger partial charge < -0.3 is 19.5 Å². The van der Waals surface area contributed by atoms with E-state index in [1.807, 2.05) is 13.8 Å². The van der Waals surface area contributed by atoms with Crippen LogP contribution in [0.15, 0.2) is 22.8 Å². The second kappa shape index (κ2) is 6.12. The van der Waals surface area contributed by atoms with E-state index in [-0.39, 0.29) is 41.8 Å². The zero-order valence-corrected chi connectivity index (χ0v) is 14.5. The molecule has 0 radical (unpaired) electrons. The number of carbonyl (C=O) groups excluding carboxylic acids is 2. The smallest absolute Gasteiger partial charge is 0.318 e. The molecule has 3 rings (SSSR count). The Morgan fingerprint density at radius 2 is 1.83 bits per heavy atom. The molecule has 3 heterocycles. The van der Waals surface area contributed by atoms with Crippen LogP contribution in [0.25, 0.3) is 0 Å². The van der Waals surface area contributed by atoms with Crippen molar-refractivity contribution in [2.24, 2.45) is 0 Å². The highest BCUT2D eigenvalue weighted by molar-refractivity contribution is 7.91. The van der Waals surface area contributed by atoms with Crippen LogP contribution in [0.5, 0.6) is 0 Å². The van der Waals surface area contributed by atoms with Crippen molar-refractivity contribution >= 4 is 21.8 Å². The van der Waals surface area contributed by atoms with Gasteiger partial charge in [0.05, 0.1) is 29.9 Å². The summed E-state index contributed by atoms with van der Waals surface area (Å²) in [4.78, 5) is 28.0. The van der Waals surface area contributed by atoms with E-state index in [0.717, 1.165) is 0 Å². The van der Waals surface area contributed by atoms with E-state index >= 15 is 0 Å². The van der Waals surface area contributed by atoms with Gasteiger partial charge in [0.15, 0.2) is 15.6 Å². The molecule has 2 unspecified atom stereocenters. The van der Waals surface area contributed by atoms with E-state index in [0.29, 0.717) is 6.54 Å². The normalized spacial score (nSPS) is 25.6. The maximum Gasteiger partial charge on any atom is 0.318 e. The maximum absolute atomic E-state index is 12.6. The molecule has 2 aliphatic rings. The molecule has 0 saturated carbocycles. The predicted octanol–water partition coefficient (Wildman–Crippen LogP) is 0.321. The Balaban J connectivity index is 1.85. The van der Waals surface area contributed by atoms with Crippen LogP contribution >= 0.6 is 0 Å². The lowest BCUT2D eigenvalue weighted by atomic mass is 10.0. The van der Waals surface area contributed by atoms with Crippen molar-refractivity contribution in [3.63, 3.8) is 0 Å². The molecule has 9 heteroatoms. The van der Waals surface area contributed by atoms with E-state index in [4.69, 9.17) is 4.42 Å². The first-order chi connectivity index (χ1) is 11.3. The minimum Gasteiger partial charge on any atom is -0.459 e. The van der Waals surface area contributed by atoms with Crippen molar-refractivity contribution in [1.82, 2.24) is 15.1 Å². The standard InChI is InChI=1S/C15H21N3O5S/c1-10(2)16-15(20)18-6-5-17(14(19)13-4-3-7-23-13)11-8-24(21,22)9-12(11)18/h3-4,7,10-12H,5-6,8-9H2,1-2H3,(H,16,20). The minimum atomic E-state index is -3.31. The van der Waals surface area contributed by atoms with E-state index in [9.17, 15) is 18.0 Å². The number of urea groups is 1. The van der Waals surface area contributed by atoms with Gasteiger partial charge in [0, 0.05) is 19.1 Å². The molecule has 2 saturated heterocycles. The SMILES string of the molecule is CC(C)NC(=O)N1CCN(C(=O)c2ccco2)C2CS(=O)(=O)CC21. The maximum atomic E-state index is 12.6. The molecule has 0 spiro atoms. The predicted molar refractivity (Wildman–Crippen MR) is 86.3 cm³/mol. The molecule has 24 heavy (non-hydrogen) atoms. The van der Waals surface area contributed by atoms with Crippen molar-refractivity contribution in [3.05, 3.63) is 24.2 Å². The third-order valence-electron chi connectivity index (χ3n) is 4.34. The number of carbonyl (C=O) groups is 2. The fourth-order valence-electron chi connectivity index (χ4n) is 3.33. The number of furan rings is 1. The summed E-state index contributed by atoms with van der Waals surface area (Å²) in [6, 6.07) is 1.76. The number of rotatable bonds is 2. The molecule has 0 bridgehead atoms. The van der Waals surface area contributed by atoms with E-state index in [1.54, 1.807) is 17.0 Å². The molecule has 3 amide bonds. The second-order valence-corrected chi connectivity index (χ2v) is 8.64. The first-order valence-corrected chi connectivity index (χ1v) is 9.72. The zero-order valence-electron chi connectivity index (χ0n) is 13.6. The number of nitrogens with one attached hydrogen (secondary N) is 1. The molecule has 1 aromatic rings. The fraction of sp³-hybridized carbons (Fsp3) is 0.600. The Morgan fingerprint density at radius 3 is 2.42 bits per heavy atom. The van der Waals surface area contributed by atoms with Crippen molar-refractivity contribution in [3.8, 4) is 0 Å². The van der Waals surface area contributed by atoms with Crippen molar-refractivity contribution in [2.75, 3.05) is 24.6 Å². The van der Waals surface area contributed by atoms with Crippen LogP contribution < -0.4 is 5.32 Å². The van der Waals surface area contributed by atoms with Crippen molar-refractivity contribution in [2.45, 2.75) is 32.0 Å². The third-order valence-corrected chi connectivity index (χ3v) is 6.04. The summed E-state index contributed by atoms with van der Waals surface area (Å²) in [5.74, 6) is -0.408. The highest BCUT2D eigenvalue weighted by Crippen LogP contribution is 2.28. The first kappa shape index (κ1) is 16.8. The Labute approximate surface area is 140 Å². The van der Waals surface area contributed by atoms with Crippen LogP contribution in [0.4, 0.5) is 4.79 Å². The number of amides is 3. The Morgan fingerprint density at radius 1 is 1.21 bits per heavy atom. The molecule has 2 fully saturated rings. The summed E-state index contributed by atoms with van der Waals surface area (Å²) in [5, 5.41) is 2.79. The van der Waals surface area contributed by atoms with Crippen LogP contribution in [0.3, 0.4) is 0 Å². The summed E-state index contributed by atoms with van der Waals surface area (Å²) in [6.07, 6.45) is 1.41. The van der Waals surface area contributed by atoms with Gasteiger partial charge in [-0.05, 0) is 26.0 Å². The van der Waals surface area contributed by atoms with Gasteiger partial charge in [0.1, 0.15) is 0 Å². The summed E-state index contributed by atoms with van der Waals surface area (Å²) < 4.78 is 29.4. The number of fused-ring (bicyclic) bond motifs is 1. The Bertz CT molecular complexity index is 728. The fourth-order valence-corrected chi connectivity index (χ4v) is 5.31. The number of piperazine rings is 1. The van der Waals surface area contributed by atoms with Crippen LogP contribution in [-0.4, -0.2) is 72.9 Å². The van der Waals surface area contributed by atoms with Gasteiger partial charge in [-0.15, -0.1) is 0 Å². The average molecular weight is 355 g/mol. The van der Waals surface area contributed by atoms with Crippen LogP contribution in [0.1, 0.15) is 24.4 Å². The molecule has 132 valence electrons. The summed E-state index contributed by atoms with van der Waals surface area (Å²) in [6.45, 7) is 4.26. The molecule has 2 aliphatic heterocycles. The highest BCUT2D eigenvalue weighted by atomic mass is 32.2. The van der Waals surface area contributed by atoms with Crippen LogP contribution in [-0.2, 0) is 9.84 Å². The van der Waals surface area contributed by atoms with E-state index < -0.39 is 21.9 Å². The number of nitrogens with zero attached hydrogens (tertiary/aromatic N) is 2. The minimum absolute atomic E-state index is 0.0447. The summed E-state index contributed by atoms with van der Waals surface area (Å²) >= 11 is 0. The van der Waals surface area contributed by atoms with Gasteiger partial charge in [0.25, 0.3) is 5.91 Å². The summed E-state index contributed by atoms with van der Waals surface area (Å²) in [5.41, 5.74) is 0. The third kappa shape index (κ3) is 3.12. The lowest BCUT2D eigenvalue weighted by Gasteiger charge is -2.43. The lowest BCUT2D eigenvalue weighted by molar-refractivity contribution is 0.0398. The molecule has 1 aromatic heterocycles. The molecular weight excluding hydrogens is 334 g/mol. The second-order valence-electron chi connectivity index (χ2n) is 6.49. The molecule has 2 atom stereocenters. The van der Waals surface area contributed by atoms with Crippen molar-refractivity contribution < 1.29 is 22.4 Å². The van der Waals surface area contributed by atoms with Gasteiger partial charge in [-0.25, -0.2) is 13.2 Å². The zero-order chi connectivity index (χ0) is 17.5. The Hall–Kier alpha value is -2.03. The van der Waals surface area contributed by atoms with E-state index in [1.165, 1.54) is 11.2 Å². The average Bonchev–Trinajstić information content (AvgIpc) is 3.10. The van der Waals surface area contributed by atoms with Crippen LogP contribution in [0.2, 0.25) is 0 Å². The summed E-state index contributed by atoms with van der Waals surface area (Å²) in [7, 11) is -3.31. The first-order valence-electron chi connectivity index (χ1n) is 7.90. The largest absolute Gasteiger partial charge is 0.459 e. The van der Waals surface area contributed by atoms with Gasteiger partial charge in [-0.1, -0.05) is 0 Å². The lowest BCUT2D eigenvalue weighted by Crippen LogP contribution is -2.63. The molecule has 8 nitrogen and oxygen atoms in total. The van der Waals surface area contributed by atoms with Gasteiger partial charge in [-0.3, -0.25) is 4.79 Å². The van der Waals surface area contributed by atoms with Crippen LogP contribution in [0, 0.1) is 0 Å². The molecule has 0 aromatic carbocycles. The monoisotopic (exact) mass is 355 g/mol. The Kier molecular flexibility index (Phi) is 4.29.